The van der Waals surface area contributed by atoms with Crippen LogP contribution >= 0.6 is 0 Å². The highest BCUT2D eigenvalue weighted by Gasteiger charge is 2.42. The second-order valence-electron chi connectivity index (χ2n) is 8.87. The van der Waals surface area contributed by atoms with Crippen molar-refractivity contribution in [2.75, 3.05) is 6.61 Å². The standard InChI is InChI=1S/C30H23NO4/c31-30(33)35-28(27-24-15-7-5-11-20(24)21-12-6-8-16-25(21)27)29(32)34-17-26-22-13-3-1-9-18(22)19-10-2-4-14-23(19)26/h1-16,26-28H,17H2,(H2,31,33). The van der Waals surface area contributed by atoms with Crippen molar-refractivity contribution in [2.45, 2.75) is 17.9 Å². The fourth-order valence-electron chi connectivity index (χ4n) is 5.59. The van der Waals surface area contributed by atoms with E-state index in [2.05, 4.69) is 24.3 Å². The summed E-state index contributed by atoms with van der Waals surface area (Å²) in [5.74, 6) is -1.20. The van der Waals surface area contributed by atoms with E-state index in [0.29, 0.717) is 0 Å². The van der Waals surface area contributed by atoms with Gasteiger partial charge in [-0.3, -0.25) is 0 Å². The van der Waals surface area contributed by atoms with Crippen LogP contribution in [0.4, 0.5) is 4.79 Å². The first-order valence-electron chi connectivity index (χ1n) is 11.6. The number of hydrogen-bond acceptors (Lipinski definition) is 4. The van der Waals surface area contributed by atoms with Crippen LogP contribution in [0.15, 0.2) is 97.1 Å². The molecule has 2 aliphatic rings. The number of esters is 1. The largest absolute Gasteiger partial charge is 0.462 e. The number of carbonyl (C=O) groups excluding carboxylic acids is 2. The molecule has 5 nitrogen and oxygen atoms in total. The van der Waals surface area contributed by atoms with Gasteiger partial charge in [-0.25, -0.2) is 9.59 Å². The Kier molecular flexibility index (Phi) is 5.10. The molecule has 0 aromatic heterocycles. The summed E-state index contributed by atoms with van der Waals surface area (Å²) in [6, 6.07) is 32.0. The number of carbonyl (C=O) groups is 2. The van der Waals surface area contributed by atoms with Gasteiger partial charge in [0.05, 0.1) is 5.92 Å². The molecule has 35 heavy (non-hydrogen) atoms. The van der Waals surface area contributed by atoms with Gasteiger partial charge in [-0.1, -0.05) is 97.1 Å². The van der Waals surface area contributed by atoms with Crippen molar-refractivity contribution in [1.29, 1.82) is 0 Å². The Morgan fingerprint density at radius 1 is 0.657 bits per heavy atom. The maximum absolute atomic E-state index is 13.5. The van der Waals surface area contributed by atoms with Gasteiger partial charge in [0.15, 0.2) is 0 Å². The van der Waals surface area contributed by atoms with Crippen LogP contribution in [0.2, 0.25) is 0 Å². The van der Waals surface area contributed by atoms with Gasteiger partial charge in [-0.15, -0.1) is 0 Å². The second-order valence-corrected chi connectivity index (χ2v) is 8.87. The number of ether oxygens (including phenoxy) is 2. The number of hydrogen-bond donors (Lipinski definition) is 1. The Hall–Kier alpha value is -4.38. The molecule has 0 radical (unpaired) electrons. The molecule has 4 aromatic carbocycles. The average Bonchev–Trinajstić information content (AvgIpc) is 3.39. The summed E-state index contributed by atoms with van der Waals surface area (Å²) < 4.78 is 11.3. The van der Waals surface area contributed by atoms with E-state index in [1.807, 2.05) is 72.8 Å². The molecule has 6 rings (SSSR count). The fraction of sp³-hybridized carbons (Fsp3) is 0.133. The van der Waals surface area contributed by atoms with Crippen molar-refractivity contribution in [3.8, 4) is 22.3 Å². The molecule has 5 heteroatoms. The zero-order valence-electron chi connectivity index (χ0n) is 18.9. The smallest absolute Gasteiger partial charge is 0.405 e. The van der Waals surface area contributed by atoms with Gasteiger partial charge in [-0.2, -0.15) is 0 Å². The molecule has 1 amide bonds. The van der Waals surface area contributed by atoms with Crippen LogP contribution in [0.3, 0.4) is 0 Å². The molecule has 0 bridgehead atoms. The van der Waals surface area contributed by atoms with Gasteiger partial charge in [-0.05, 0) is 44.5 Å². The minimum atomic E-state index is -1.19. The zero-order valence-corrected chi connectivity index (χ0v) is 18.9. The van der Waals surface area contributed by atoms with E-state index in [1.54, 1.807) is 0 Å². The van der Waals surface area contributed by atoms with Crippen LogP contribution in [0.1, 0.15) is 34.1 Å². The molecule has 0 aliphatic heterocycles. The van der Waals surface area contributed by atoms with E-state index in [-0.39, 0.29) is 12.5 Å². The summed E-state index contributed by atoms with van der Waals surface area (Å²) in [5.41, 5.74) is 13.8. The summed E-state index contributed by atoms with van der Waals surface area (Å²) in [4.78, 5) is 25.4. The molecule has 4 aromatic rings. The minimum Gasteiger partial charge on any atom is -0.462 e. The first-order chi connectivity index (χ1) is 17.1. The number of primary amides is 1. The summed E-state index contributed by atoms with van der Waals surface area (Å²) in [5, 5.41) is 0. The van der Waals surface area contributed by atoms with Crippen LogP contribution in [0, 0.1) is 0 Å². The molecule has 0 fully saturated rings. The summed E-state index contributed by atoms with van der Waals surface area (Å²) >= 11 is 0. The van der Waals surface area contributed by atoms with Gasteiger partial charge in [0.2, 0.25) is 6.10 Å². The molecular formula is C30H23NO4. The minimum absolute atomic E-state index is 0.0938. The van der Waals surface area contributed by atoms with E-state index < -0.39 is 24.1 Å². The van der Waals surface area contributed by atoms with Crippen LogP contribution < -0.4 is 5.73 Å². The van der Waals surface area contributed by atoms with Crippen LogP contribution in [-0.4, -0.2) is 24.8 Å². The maximum Gasteiger partial charge on any atom is 0.405 e. The molecule has 0 spiro atoms. The Bertz CT molecular complexity index is 1370. The van der Waals surface area contributed by atoms with E-state index >= 15 is 0 Å². The number of nitrogens with two attached hydrogens (primary N) is 1. The summed E-state index contributed by atoms with van der Waals surface area (Å²) in [6.07, 6.45) is -2.20. The molecule has 0 heterocycles. The van der Waals surface area contributed by atoms with Gasteiger partial charge in [0.1, 0.15) is 6.61 Å². The zero-order chi connectivity index (χ0) is 23.9. The fourth-order valence-corrected chi connectivity index (χ4v) is 5.59. The highest BCUT2D eigenvalue weighted by Crippen LogP contribution is 2.48. The lowest BCUT2D eigenvalue weighted by Gasteiger charge is -2.24. The summed E-state index contributed by atoms with van der Waals surface area (Å²) in [7, 11) is 0. The molecule has 0 saturated carbocycles. The SMILES string of the molecule is NC(=O)OC(C(=O)OCC1c2ccccc2-c2ccccc21)C1c2ccccc2-c2ccccc21. The lowest BCUT2D eigenvalue weighted by Crippen LogP contribution is -2.37. The topological polar surface area (TPSA) is 78.6 Å². The number of rotatable bonds is 5. The number of amides is 1. The molecular weight excluding hydrogens is 438 g/mol. The Morgan fingerprint density at radius 2 is 1.06 bits per heavy atom. The molecule has 2 aliphatic carbocycles. The second kappa shape index (κ2) is 8.44. The monoisotopic (exact) mass is 461 g/mol. The lowest BCUT2D eigenvalue weighted by molar-refractivity contribution is -0.154. The number of fused-ring (bicyclic) bond motifs is 6. The lowest BCUT2D eigenvalue weighted by atomic mass is 9.91. The predicted molar refractivity (Wildman–Crippen MR) is 133 cm³/mol. The van der Waals surface area contributed by atoms with Crippen molar-refractivity contribution in [1.82, 2.24) is 0 Å². The normalized spacial score (nSPS) is 14.4. The third kappa shape index (κ3) is 3.48. The van der Waals surface area contributed by atoms with Crippen molar-refractivity contribution in [3.63, 3.8) is 0 Å². The first-order valence-corrected chi connectivity index (χ1v) is 11.6. The Balaban J connectivity index is 1.32. The summed E-state index contributed by atoms with van der Waals surface area (Å²) in [6.45, 7) is 0.140. The van der Waals surface area contributed by atoms with E-state index in [1.165, 1.54) is 0 Å². The van der Waals surface area contributed by atoms with Crippen molar-refractivity contribution < 1.29 is 19.1 Å². The van der Waals surface area contributed by atoms with Gasteiger partial charge in [0.25, 0.3) is 0 Å². The predicted octanol–water partition coefficient (Wildman–Crippen LogP) is 5.62. The first kappa shape index (κ1) is 21.2. The third-order valence-electron chi connectivity index (χ3n) is 7.01. The Labute approximate surface area is 203 Å². The van der Waals surface area contributed by atoms with Gasteiger partial charge >= 0.3 is 12.1 Å². The third-order valence-corrected chi connectivity index (χ3v) is 7.01. The van der Waals surface area contributed by atoms with E-state index in [0.717, 1.165) is 44.5 Å². The molecule has 0 saturated heterocycles. The molecule has 1 atom stereocenters. The molecule has 172 valence electrons. The Morgan fingerprint density at radius 3 is 1.51 bits per heavy atom. The maximum atomic E-state index is 13.5. The molecule has 1 unspecified atom stereocenters. The van der Waals surface area contributed by atoms with Gasteiger partial charge in [0, 0.05) is 5.92 Å². The van der Waals surface area contributed by atoms with E-state index in [9.17, 15) is 9.59 Å². The highest BCUT2D eigenvalue weighted by molar-refractivity contribution is 5.86. The van der Waals surface area contributed by atoms with Crippen LogP contribution in [-0.2, 0) is 14.3 Å². The molecule has 2 N–H and O–H groups in total. The number of benzene rings is 4. The van der Waals surface area contributed by atoms with Crippen molar-refractivity contribution in [2.24, 2.45) is 5.73 Å². The van der Waals surface area contributed by atoms with E-state index in [4.69, 9.17) is 15.2 Å². The van der Waals surface area contributed by atoms with Crippen LogP contribution in [0.5, 0.6) is 0 Å². The quantitative estimate of drug-likeness (QED) is 0.391. The average molecular weight is 462 g/mol. The van der Waals surface area contributed by atoms with Crippen molar-refractivity contribution >= 4 is 12.1 Å². The highest BCUT2D eigenvalue weighted by atomic mass is 16.6. The van der Waals surface area contributed by atoms with Gasteiger partial charge < -0.3 is 15.2 Å². The van der Waals surface area contributed by atoms with Crippen molar-refractivity contribution in [3.05, 3.63) is 119 Å². The van der Waals surface area contributed by atoms with Crippen LogP contribution in [0.25, 0.3) is 22.3 Å².